The van der Waals surface area contributed by atoms with Gasteiger partial charge in [0.2, 0.25) is 0 Å². The lowest BCUT2D eigenvalue weighted by Crippen LogP contribution is -2.33. The molecule has 2 aliphatic heterocycles. The lowest BCUT2D eigenvalue weighted by Gasteiger charge is -2.27. The number of ether oxygens (including phenoxy) is 1. The Labute approximate surface area is 200 Å². The number of carbonyl (C=O) groups excluding carboxylic acids is 2. The summed E-state index contributed by atoms with van der Waals surface area (Å²) in [6.45, 7) is 9.14. The van der Waals surface area contributed by atoms with Gasteiger partial charge in [0.15, 0.2) is 0 Å². The highest BCUT2D eigenvalue weighted by Gasteiger charge is 2.46. The van der Waals surface area contributed by atoms with Crippen LogP contribution in [0.4, 0.5) is 0 Å². The third-order valence-electron chi connectivity index (χ3n) is 6.66. The van der Waals surface area contributed by atoms with Crippen LogP contribution < -0.4 is 4.74 Å². The summed E-state index contributed by atoms with van der Waals surface area (Å²) in [6, 6.07) is 11.1. The molecule has 0 saturated carbocycles. The molecular weight excluding hydrogens is 432 g/mol. The van der Waals surface area contributed by atoms with E-state index >= 15 is 0 Å². The number of fused-ring (bicyclic) bond motifs is 1. The Kier molecular flexibility index (Phi) is 6.93. The molecule has 2 heterocycles. The van der Waals surface area contributed by atoms with Crippen LogP contribution in [0.15, 0.2) is 48.0 Å². The van der Waals surface area contributed by atoms with Crippen LogP contribution in [0.3, 0.4) is 0 Å². The van der Waals surface area contributed by atoms with Crippen molar-refractivity contribution in [2.75, 3.05) is 26.2 Å². The first-order valence-electron chi connectivity index (χ1n) is 11.9. The number of hydrogen-bond acceptors (Lipinski definition) is 6. The minimum absolute atomic E-state index is 0.0369. The van der Waals surface area contributed by atoms with Crippen LogP contribution in [0, 0.1) is 0 Å². The molecule has 2 aromatic rings. The van der Waals surface area contributed by atoms with E-state index in [1.807, 2.05) is 13.0 Å². The highest BCUT2D eigenvalue weighted by molar-refractivity contribution is 6.46. The molecule has 2 aliphatic rings. The second-order valence-corrected chi connectivity index (χ2v) is 8.92. The Morgan fingerprint density at radius 2 is 1.91 bits per heavy atom. The zero-order chi connectivity index (χ0) is 24.4. The average Bonchev–Trinajstić information content (AvgIpc) is 3.32. The van der Waals surface area contributed by atoms with Gasteiger partial charge >= 0.3 is 0 Å². The molecule has 0 spiro atoms. The van der Waals surface area contributed by atoms with Crippen LogP contribution in [0.25, 0.3) is 5.76 Å². The van der Waals surface area contributed by atoms with E-state index in [4.69, 9.17) is 4.74 Å². The number of aliphatic hydroxyl groups excluding tert-OH is 1. The van der Waals surface area contributed by atoms with Crippen molar-refractivity contribution in [2.24, 2.45) is 0 Å². The smallest absolute Gasteiger partial charge is 0.295 e. The van der Waals surface area contributed by atoms with Crippen molar-refractivity contribution < 1.29 is 24.5 Å². The minimum atomic E-state index is -0.771. The molecule has 1 amide bonds. The second-order valence-electron chi connectivity index (χ2n) is 8.92. The van der Waals surface area contributed by atoms with Gasteiger partial charge in [-0.1, -0.05) is 26.0 Å². The highest BCUT2D eigenvalue weighted by Crippen LogP contribution is 2.41. The first-order chi connectivity index (χ1) is 16.3. The number of ketones is 1. The zero-order valence-electron chi connectivity index (χ0n) is 20.0. The van der Waals surface area contributed by atoms with Crippen LogP contribution in [0.5, 0.6) is 11.5 Å². The number of rotatable bonds is 8. The van der Waals surface area contributed by atoms with Crippen LogP contribution in [0.1, 0.15) is 49.9 Å². The number of aliphatic hydroxyl groups is 1. The molecule has 2 atom stereocenters. The Balaban J connectivity index is 1.73. The summed E-state index contributed by atoms with van der Waals surface area (Å²) in [7, 11) is 0. The zero-order valence-corrected chi connectivity index (χ0v) is 20.0. The van der Waals surface area contributed by atoms with E-state index in [-0.39, 0.29) is 23.2 Å². The number of aromatic hydroxyl groups is 1. The third-order valence-corrected chi connectivity index (χ3v) is 6.66. The van der Waals surface area contributed by atoms with E-state index in [9.17, 15) is 19.8 Å². The van der Waals surface area contributed by atoms with Gasteiger partial charge in [0.1, 0.15) is 23.4 Å². The number of nitrogens with zero attached hydrogens (tertiary/aromatic N) is 2. The largest absolute Gasteiger partial charge is 0.508 e. The molecule has 180 valence electrons. The first-order valence-corrected chi connectivity index (χ1v) is 11.9. The molecule has 4 rings (SSSR count). The number of Topliss-reactive ketones (excluding diaryl/α,β-unsaturated/α-hetero) is 1. The summed E-state index contributed by atoms with van der Waals surface area (Å²) < 4.78 is 5.75. The normalized spacial score (nSPS) is 21.2. The molecule has 1 saturated heterocycles. The number of amides is 1. The van der Waals surface area contributed by atoms with Gasteiger partial charge in [-0.2, -0.15) is 0 Å². The number of phenols is 1. The number of phenolic OH excluding ortho intramolecular Hbond substituents is 1. The van der Waals surface area contributed by atoms with Crippen molar-refractivity contribution >= 4 is 17.4 Å². The predicted molar refractivity (Wildman–Crippen MR) is 130 cm³/mol. The number of hydrogen-bond donors (Lipinski definition) is 2. The monoisotopic (exact) mass is 464 g/mol. The predicted octanol–water partition coefficient (Wildman–Crippen LogP) is 3.87. The van der Waals surface area contributed by atoms with E-state index in [1.165, 1.54) is 11.0 Å². The van der Waals surface area contributed by atoms with Gasteiger partial charge in [-0.25, -0.2) is 0 Å². The molecule has 2 N–H and O–H groups in total. The summed E-state index contributed by atoms with van der Waals surface area (Å²) >= 11 is 0. The number of carbonyl (C=O) groups is 2. The molecule has 0 bridgehead atoms. The molecular formula is C27H32N2O5. The average molecular weight is 465 g/mol. The molecule has 2 aromatic carbocycles. The minimum Gasteiger partial charge on any atom is -0.508 e. The van der Waals surface area contributed by atoms with Crippen molar-refractivity contribution in [1.82, 2.24) is 9.80 Å². The number of benzene rings is 2. The fourth-order valence-corrected chi connectivity index (χ4v) is 4.88. The summed E-state index contributed by atoms with van der Waals surface area (Å²) in [4.78, 5) is 30.1. The van der Waals surface area contributed by atoms with Gasteiger partial charge < -0.3 is 24.7 Å². The van der Waals surface area contributed by atoms with Crippen molar-refractivity contribution in [3.63, 3.8) is 0 Å². The van der Waals surface area contributed by atoms with Gasteiger partial charge in [-0.15, -0.1) is 0 Å². The molecule has 7 heteroatoms. The quantitative estimate of drug-likeness (QED) is 0.350. The van der Waals surface area contributed by atoms with E-state index < -0.39 is 17.7 Å². The first kappa shape index (κ1) is 23.8. The van der Waals surface area contributed by atoms with E-state index in [0.29, 0.717) is 30.5 Å². The van der Waals surface area contributed by atoms with E-state index in [0.717, 1.165) is 30.9 Å². The molecule has 1 fully saturated rings. The van der Waals surface area contributed by atoms with Gasteiger partial charge in [0, 0.05) is 18.5 Å². The van der Waals surface area contributed by atoms with Gasteiger partial charge in [0.05, 0.1) is 11.6 Å². The molecule has 34 heavy (non-hydrogen) atoms. The topological polar surface area (TPSA) is 90.3 Å². The van der Waals surface area contributed by atoms with Crippen molar-refractivity contribution in [1.29, 1.82) is 0 Å². The summed E-state index contributed by atoms with van der Waals surface area (Å²) in [6.07, 6.45) is 1.46. The summed E-state index contributed by atoms with van der Waals surface area (Å²) in [5.41, 5.74) is 2.06. The van der Waals surface area contributed by atoms with Crippen LogP contribution >= 0.6 is 0 Å². The summed E-state index contributed by atoms with van der Waals surface area (Å²) in [5, 5.41) is 21.4. The molecule has 0 aromatic heterocycles. The fourth-order valence-electron chi connectivity index (χ4n) is 4.88. The van der Waals surface area contributed by atoms with Gasteiger partial charge in [0.25, 0.3) is 11.7 Å². The van der Waals surface area contributed by atoms with Crippen LogP contribution in [0.2, 0.25) is 0 Å². The van der Waals surface area contributed by atoms with Crippen molar-refractivity contribution in [2.45, 2.75) is 45.8 Å². The third kappa shape index (κ3) is 4.53. The van der Waals surface area contributed by atoms with Crippen LogP contribution in [-0.2, 0) is 16.0 Å². The van der Waals surface area contributed by atoms with Crippen LogP contribution in [-0.4, -0.2) is 64.0 Å². The highest BCUT2D eigenvalue weighted by atomic mass is 16.5. The maximum absolute atomic E-state index is 13.2. The van der Waals surface area contributed by atoms with Gasteiger partial charge in [-0.05, 0) is 74.4 Å². The van der Waals surface area contributed by atoms with E-state index in [1.54, 1.807) is 30.3 Å². The lowest BCUT2D eigenvalue weighted by molar-refractivity contribution is -0.140. The molecule has 0 aliphatic carbocycles. The summed E-state index contributed by atoms with van der Waals surface area (Å²) in [5.74, 6) is -0.744. The SMILES string of the molecule is CCN(CC)CCCN1C(=O)C(=O)C(=C(O)c2ccc3c(c2)C[C@H](C)O3)[C@@H]1c1cccc(O)c1. The molecule has 0 radical (unpaired) electrons. The van der Waals surface area contributed by atoms with Crippen molar-refractivity contribution in [3.05, 3.63) is 64.7 Å². The standard InChI is InChI=1S/C27H32N2O5/c1-4-28(5-2)12-7-13-29-24(18-8-6-9-21(30)16-18)23(26(32)27(29)33)25(31)19-10-11-22-20(15-19)14-17(3)34-22/h6,8-11,15-17,24,30-31H,4-5,7,12-14H2,1-3H3/t17-,24-/m0/s1. The Hall–Kier alpha value is -3.32. The van der Waals surface area contributed by atoms with E-state index in [2.05, 4.69) is 18.7 Å². The van der Waals surface area contributed by atoms with Gasteiger partial charge in [-0.3, -0.25) is 9.59 Å². The Bertz CT molecular complexity index is 1120. The molecule has 7 nitrogen and oxygen atoms in total. The number of likely N-dealkylation sites (tertiary alicyclic amines) is 1. The maximum Gasteiger partial charge on any atom is 0.295 e. The Morgan fingerprint density at radius 1 is 1.15 bits per heavy atom. The lowest BCUT2D eigenvalue weighted by atomic mass is 9.94. The second kappa shape index (κ2) is 9.89. The Morgan fingerprint density at radius 3 is 2.62 bits per heavy atom. The van der Waals surface area contributed by atoms with Crippen molar-refractivity contribution in [3.8, 4) is 11.5 Å². The maximum atomic E-state index is 13.2. The fraction of sp³-hybridized carbons (Fsp3) is 0.407. The molecule has 0 unspecified atom stereocenters.